The molecule has 23 heavy (non-hydrogen) atoms. The smallest absolute Gasteiger partial charge is 0.123 e. The number of aromatic nitrogens is 3. The van der Waals surface area contributed by atoms with Crippen LogP contribution in [0.3, 0.4) is 0 Å². The first-order chi connectivity index (χ1) is 11.4. The Balaban J connectivity index is 1.43. The van der Waals surface area contributed by atoms with Gasteiger partial charge in [-0.1, -0.05) is 18.2 Å². The molecule has 4 rings (SSSR count). The molecule has 1 aliphatic heterocycles. The van der Waals surface area contributed by atoms with Crippen molar-refractivity contribution in [1.29, 1.82) is 0 Å². The first kappa shape index (κ1) is 14.6. The summed E-state index contributed by atoms with van der Waals surface area (Å²) in [5.41, 5.74) is 2.16. The van der Waals surface area contributed by atoms with Gasteiger partial charge in [-0.3, -0.25) is 4.90 Å². The van der Waals surface area contributed by atoms with Crippen LogP contribution in [0.5, 0.6) is 0 Å². The van der Waals surface area contributed by atoms with Crippen molar-refractivity contribution >= 4 is 11.3 Å². The molecule has 0 amide bonds. The van der Waals surface area contributed by atoms with E-state index in [4.69, 9.17) is 4.74 Å². The van der Waals surface area contributed by atoms with E-state index in [2.05, 4.69) is 33.2 Å². The zero-order valence-electron chi connectivity index (χ0n) is 12.7. The van der Waals surface area contributed by atoms with Crippen molar-refractivity contribution in [2.24, 2.45) is 0 Å². The third kappa shape index (κ3) is 3.34. The molecule has 0 saturated carbocycles. The summed E-state index contributed by atoms with van der Waals surface area (Å²) in [4.78, 5) is 6.75. The average molecular weight is 326 g/mol. The first-order valence-electron chi connectivity index (χ1n) is 7.72. The second-order valence-corrected chi connectivity index (χ2v) is 6.48. The van der Waals surface area contributed by atoms with Crippen LogP contribution < -0.4 is 0 Å². The Hall–Kier alpha value is -2.02. The minimum Gasteiger partial charge on any atom is -0.368 e. The maximum absolute atomic E-state index is 5.85. The van der Waals surface area contributed by atoms with E-state index in [0.29, 0.717) is 0 Å². The van der Waals surface area contributed by atoms with Crippen LogP contribution in [0.15, 0.2) is 54.2 Å². The molecular weight excluding hydrogens is 308 g/mol. The molecule has 0 bridgehead atoms. The summed E-state index contributed by atoms with van der Waals surface area (Å²) in [6.07, 6.45) is 3.94. The van der Waals surface area contributed by atoms with Crippen molar-refractivity contribution in [2.45, 2.75) is 12.6 Å². The summed E-state index contributed by atoms with van der Waals surface area (Å²) in [5, 5.41) is 7.74. The van der Waals surface area contributed by atoms with E-state index in [1.165, 1.54) is 0 Å². The summed E-state index contributed by atoms with van der Waals surface area (Å²) >= 11 is 1.66. The standard InChI is InChI=1S/C17H18N4OS/c1-2-4-15(5-3-1)21-8-6-14(19-21)12-20-9-10-22-16(13-20)17-18-7-11-23-17/h1-8,11,16H,9-10,12-13H2. The Morgan fingerprint density at radius 3 is 2.96 bits per heavy atom. The van der Waals surface area contributed by atoms with Crippen LogP contribution >= 0.6 is 11.3 Å². The lowest BCUT2D eigenvalue weighted by molar-refractivity contribution is -0.0333. The monoisotopic (exact) mass is 326 g/mol. The van der Waals surface area contributed by atoms with Gasteiger partial charge in [0.1, 0.15) is 11.1 Å². The molecule has 0 aliphatic carbocycles. The first-order valence-corrected chi connectivity index (χ1v) is 8.60. The van der Waals surface area contributed by atoms with Gasteiger partial charge in [0.05, 0.1) is 18.0 Å². The molecule has 1 unspecified atom stereocenters. The fourth-order valence-corrected chi connectivity index (χ4v) is 3.47. The number of para-hydroxylation sites is 1. The lowest BCUT2D eigenvalue weighted by Crippen LogP contribution is -2.37. The van der Waals surface area contributed by atoms with E-state index < -0.39 is 0 Å². The van der Waals surface area contributed by atoms with Gasteiger partial charge in [-0.05, 0) is 18.2 Å². The van der Waals surface area contributed by atoms with E-state index in [1.54, 1.807) is 11.3 Å². The molecule has 0 radical (unpaired) electrons. The molecule has 2 aromatic heterocycles. The Morgan fingerprint density at radius 1 is 1.22 bits per heavy atom. The molecule has 1 saturated heterocycles. The molecule has 1 fully saturated rings. The average Bonchev–Trinajstić information content (AvgIpc) is 3.28. The Bertz CT molecular complexity index is 741. The van der Waals surface area contributed by atoms with Crippen LogP contribution in [-0.2, 0) is 11.3 Å². The molecule has 6 heteroatoms. The fourth-order valence-electron chi connectivity index (χ4n) is 2.79. The summed E-state index contributed by atoms with van der Waals surface area (Å²) < 4.78 is 7.77. The highest BCUT2D eigenvalue weighted by atomic mass is 32.1. The predicted molar refractivity (Wildman–Crippen MR) is 89.6 cm³/mol. The SMILES string of the molecule is c1ccc(-n2ccc(CN3CCOC(c4nccs4)C3)n2)cc1. The Kier molecular flexibility index (Phi) is 4.19. The highest BCUT2D eigenvalue weighted by molar-refractivity contribution is 7.09. The highest BCUT2D eigenvalue weighted by Crippen LogP contribution is 2.24. The summed E-state index contributed by atoms with van der Waals surface area (Å²) in [6, 6.07) is 12.3. The highest BCUT2D eigenvalue weighted by Gasteiger charge is 2.24. The topological polar surface area (TPSA) is 43.2 Å². The minimum absolute atomic E-state index is 0.0833. The molecule has 118 valence electrons. The van der Waals surface area contributed by atoms with Gasteiger partial charge in [0.25, 0.3) is 0 Å². The quantitative estimate of drug-likeness (QED) is 0.739. The molecule has 1 aliphatic rings. The van der Waals surface area contributed by atoms with Crippen LogP contribution in [0, 0.1) is 0 Å². The number of hydrogen-bond acceptors (Lipinski definition) is 5. The van der Waals surface area contributed by atoms with Gasteiger partial charge < -0.3 is 4.74 Å². The molecule has 5 nitrogen and oxygen atoms in total. The van der Waals surface area contributed by atoms with E-state index in [9.17, 15) is 0 Å². The largest absolute Gasteiger partial charge is 0.368 e. The van der Waals surface area contributed by atoms with Gasteiger partial charge in [0.2, 0.25) is 0 Å². The lowest BCUT2D eigenvalue weighted by Gasteiger charge is -2.31. The Labute approximate surface area is 139 Å². The van der Waals surface area contributed by atoms with Crippen molar-refractivity contribution < 1.29 is 4.74 Å². The van der Waals surface area contributed by atoms with Crippen molar-refractivity contribution in [3.05, 3.63) is 64.9 Å². The van der Waals surface area contributed by atoms with Crippen LogP contribution in [0.25, 0.3) is 5.69 Å². The zero-order chi connectivity index (χ0) is 15.5. The molecule has 0 N–H and O–H groups in total. The van der Waals surface area contributed by atoms with Crippen molar-refractivity contribution in [3.63, 3.8) is 0 Å². The molecular formula is C17H18N4OS. The van der Waals surface area contributed by atoms with Crippen LogP contribution in [0.1, 0.15) is 16.8 Å². The number of morpholine rings is 1. The second kappa shape index (κ2) is 6.62. The second-order valence-electron chi connectivity index (χ2n) is 5.55. The number of thiazole rings is 1. The number of ether oxygens (including phenoxy) is 1. The summed E-state index contributed by atoms with van der Waals surface area (Å²) in [6.45, 7) is 3.38. The zero-order valence-corrected chi connectivity index (χ0v) is 13.5. The minimum atomic E-state index is 0.0833. The summed E-state index contributed by atoms with van der Waals surface area (Å²) in [5.74, 6) is 0. The van der Waals surface area contributed by atoms with Gasteiger partial charge in [-0.2, -0.15) is 5.10 Å². The van der Waals surface area contributed by atoms with Gasteiger partial charge in [-0.25, -0.2) is 9.67 Å². The molecule has 1 aromatic carbocycles. The maximum Gasteiger partial charge on any atom is 0.123 e. The third-order valence-electron chi connectivity index (χ3n) is 3.93. The van der Waals surface area contributed by atoms with Gasteiger partial charge in [0.15, 0.2) is 0 Å². The number of benzene rings is 1. The number of hydrogen-bond donors (Lipinski definition) is 0. The predicted octanol–water partition coefficient (Wildman–Crippen LogP) is 2.90. The van der Waals surface area contributed by atoms with Crippen LogP contribution in [-0.4, -0.2) is 39.4 Å². The summed E-state index contributed by atoms with van der Waals surface area (Å²) in [7, 11) is 0. The van der Waals surface area contributed by atoms with Crippen LogP contribution in [0.4, 0.5) is 0 Å². The van der Waals surface area contributed by atoms with E-state index >= 15 is 0 Å². The van der Waals surface area contributed by atoms with Crippen molar-refractivity contribution in [1.82, 2.24) is 19.7 Å². The Morgan fingerprint density at radius 2 is 2.13 bits per heavy atom. The van der Waals surface area contributed by atoms with Crippen LogP contribution in [0.2, 0.25) is 0 Å². The van der Waals surface area contributed by atoms with Gasteiger partial charge in [0, 0.05) is 37.4 Å². The molecule has 3 heterocycles. The normalized spacial score (nSPS) is 19.0. The maximum atomic E-state index is 5.85. The number of nitrogens with zero attached hydrogens (tertiary/aromatic N) is 4. The van der Waals surface area contributed by atoms with Gasteiger partial charge >= 0.3 is 0 Å². The third-order valence-corrected chi connectivity index (χ3v) is 4.80. The number of rotatable bonds is 4. The van der Waals surface area contributed by atoms with Crippen molar-refractivity contribution in [2.75, 3.05) is 19.7 Å². The molecule has 3 aromatic rings. The van der Waals surface area contributed by atoms with E-state index in [-0.39, 0.29) is 6.10 Å². The fraction of sp³-hybridized carbons (Fsp3) is 0.294. The molecule has 0 spiro atoms. The molecule has 1 atom stereocenters. The van der Waals surface area contributed by atoms with Gasteiger partial charge in [-0.15, -0.1) is 11.3 Å². The van der Waals surface area contributed by atoms with E-state index in [1.807, 2.05) is 40.7 Å². The lowest BCUT2D eigenvalue weighted by atomic mass is 10.2. The van der Waals surface area contributed by atoms with Crippen molar-refractivity contribution in [3.8, 4) is 5.69 Å². The van der Waals surface area contributed by atoms with E-state index in [0.717, 1.165) is 42.6 Å².